The standard InChI is InChI=1S/C17H26N2O8S/c1-10(20)8-12(22)27-13-14(23)19-5-4-11(21)18-6-7-28-16(25)15(24)26-9-17(13,2)3/h10,13,20H,4-9H2,1-3H3,(H,18,21)(H,19,23)/t10-,13+/m1/s1. The van der Waals surface area contributed by atoms with Gasteiger partial charge in [-0.15, -0.1) is 0 Å². The quantitative estimate of drug-likeness (QED) is 0.393. The number of nitrogens with one attached hydrogen (secondary N) is 2. The molecule has 0 saturated carbocycles. The lowest BCUT2D eigenvalue weighted by Crippen LogP contribution is -2.49. The van der Waals surface area contributed by atoms with Crippen molar-refractivity contribution in [2.45, 2.75) is 45.8 Å². The highest BCUT2D eigenvalue weighted by Crippen LogP contribution is 2.25. The fourth-order valence-corrected chi connectivity index (χ4v) is 2.81. The summed E-state index contributed by atoms with van der Waals surface area (Å²) in [6, 6.07) is 0. The third-order valence-electron chi connectivity index (χ3n) is 3.71. The Hall–Kier alpha value is -2.14. The molecule has 1 fully saturated rings. The lowest BCUT2D eigenvalue weighted by atomic mass is 9.86. The largest absolute Gasteiger partial charge is 0.459 e. The van der Waals surface area contributed by atoms with Crippen LogP contribution in [0.2, 0.25) is 0 Å². The molecule has 28 heavy (non-hydrogen) atoms. The van der Waals surface area contributed by atoms with Gasteiger partial charge in [0, 0.05) is 30.7 Å². The second-order valence-corrected chi connectivity index (χ2v) is 8.08. The second-order valence-electron chi connectivity index (χ2n) is 7.01. The average molecular weight is 418 g/mol. The van der Waals surface area contributed by atoms with Gasteiger partial charge in [0.1, 0.15) is 6.61 Å². The van der Waals surface area contributed by atoms with Crippen molar-refractivity contribution in [2.75, 3.05) is 25.4 Å². The fraction of sp³-hybridized carbons (Fsp3) is 0.706. The van der Waals surface area contributed by atoms with Gasteiger partial charge in [-0.05, 0) is 6.92 Å². The maximum absolute atomic E-state index is 12.5. The number of aliphatic hydroxyl groups is 1. The van der Waals surface area contributed by atoms with E-state index in [1.807, 2.05) is 0 Å². The molecule has 0 aromatic carbocycles. The highest BCUT2D eigenvalue weighted by Gasteiger charge is 2.40. The molecule has 3 N–H and O–H groups in total. The Balaban J connectivity index is 2.98. The number of cyclic esters (lactones) is 1. The number of thioether (sulfide) groups is 1. The molecule has 0 aromatic rings. The first kappa shape index (κ1) is 23.9. The van der Waals surface area contributed by atoms with Crippen LogP contribution in [0.5, 0.6) is 0 Å². The van der Waals surface area contributed by atoms with E-state index in [1.54, 1.807) is 0 Å². The van der Waals surface area contributed by atoms with Gasteiger partial charge in [0.25, 0.3) is 11.0 Å². The summed E-state index contributed by atoms with van der Waals surface area (Å²) in [5, 5.41) is 13.6. The molecule has 1 heterocycles. The summed E-state index contributed by atoms with van der Waals surface area (Å²) in [5.41, 5.74) is -1.17. The summed E-state index contributed by atoms with van der Waals surface area (Å²) in [4.78, 5) is 59.8. The monoisotopic (exact) mass is 418 g/mol. The molecule has 2 atom stereocenters. The van der Waals surface area contributed by atoms with Crippen LogP contribution in [0.15, 0.2) is 0 Å². The number of ether oxygens (including phenoxy) is 2. The average Bonchev–Trinajstić information content (AvgIpc) is 2.59. The highest BCUT2D eigenvalue weighted by atomic mass is 32.2. The Morgan fingerprint density at radius 1 is 1.29 bits per heavy atom. The molecule has 10 nitrogen and oxygen atoms in total. The van der Waals surface area contributed by atoms with Crippen LogP contribution in [0.4, 0.5) is 0 Å². The van der Waals surface area contributed by atoms with Crippen LogP contribution in [0, 0.1) is 5.41 Å². The maximum Gasteiger partial charge on any atom is 0.385 e. The lowest BCUT2D eigenvalue weighted by molar-refractivity contribution is -0.170. The fourth-order valence-electron chi connectivity index (χ4n) is 2.25. The second kappa shape index (κ2) is 11.0. The minimum absolute atomic E-state index is 0.00540. The summed E-state index contributed by atoms with van der Waals surface area (Å²) in [5.74, 6) is -2.71. The number of carbonyl (C=O) groups excluding carboxylic acids is 5. The molecule has 2 amide bonds. The molecular formula is C17H26N2O8S. The first-order valence-electron chi connectivity index (χ1n) is 8.78. The molecule has 1 rings (SSSR count). The van der Waals surface area contributed by atoms with E-state index in [0.717, 1.165) is 0 Å². The highest BCUT2D eigenvalue weighted by molar-refractivity contribution is 8.15. The summed E-state index contributed by atoms with van der Waals surface area (Å²) in [6.45, 7) is 4.30. The molecule has 0 aromatic heterocycles. The van der Waals surface area contributed by atoms with Gasteiger partial charge in [-0.2, -0.15) is 0 Å². The van der Waals surface area contributed by atoms with E-state index in [2.05, 4.69) is 10.6 Å². The maximum atomic E-state index is 12.5. The Morgan fingerprint density at radius 3 is 2.61 bits per heavy atom. The van der Waals surface area contributed by atoms with Crippen LogP contribution in [0.25, 0.3) is 0 Å². The molecule has 0 spiro atoms. The molecule has 0 unspecified atom stereocenters. The molecule has 0 radical (unpaired) electrons. The topological polar surface area (TPSA) is 148 Å². The summed E-state index contributed by atoms with van der Waals surface area (Å²) in [7, 11) is 0. The van der Waals surface area contributed by atoms with Crippen LogP contribution < -0.4 is 10.6 Å². The first-order valence-corrected chi connectivity index (χ1v) is 9.77. The van der Waals surface area contributed by atoms with E-state index in [4.69, 9.17) is 9.47 Å². The number of aliphatic hydroxyl groups excluding tert-OH is 1. The number of amides is 2. The molecule has 1 aliphatic rings. The molecule has 0 bridgehead atoms. The SMILES string of the molecule is C[C@@H](O)CC(=O)O[C@H]1C(=O)NCCC(=O)NCCSC(=O)C(=O)OCC1(C)C. The minimum Gasteiger partial charge on any atom is -0.459 e. The van der Waals surface area contributed by atoms with Crippen LogP contribution in [0.3, 0.4) is 0 Å². The van der Waals surface area contributed by atoms with Crippen molar-refractivity contribution >= 4 is 40.6 Å². The van der Waals surface area contributed by atoms with Gasteiger partial charge in [-0.25, -0.2) is 4.79 Å². The van der Waals surface area contributed by atoms with E-state index in [1.165, 1.54) is 20.8 Å². The third-order valence-corrected chi connectivity index (χ3v) is 4.55. The van der Waals surface area contributed by atoms with E-state index >= 15 is 0 Å². The van der Waals surface area contributed by atoms with Crippen LogP contribution in [-0.4, -0.2) is 71.6 Å². The summed E-state index contributed by atoms with van der Waals surface area (Å²) in [6.07, 6.45) is -2.65. The summed E-state index contributed by atoms with van der Waals surface area (Å²) < 4.78 is 10.2. The van der Waals surface area contributed by atoms with Crippen molar-refractivity contribution in [1.82, 2.24) is 10.6 Å². The van der Waals surface area contributed by atoms with E-state index < -0.39 is 40.6 Å². The Kier molecular flexibility index (Phi) is 9.39. The van der Waals surface area contributed by atoms with Crippen molar-refractivity contribution in [1.29, 1.82) is 0 Å². The summed E-state index contributed by atoms with van der Waals surface area (Å²) >= 11 is 0.713. The van der Waals surface area contributed by atoms with E-state index in [9.17, 15) is 29.1 Å². The predicted molar refractivity (Wildman–Crippen MR) is 99.0 cm³/mol. The predicted octanol–water partition coefficient (Wildman–Crippen LogP) is -0.866. The van der Waals surface area contributed by atoms with Gasteiger partial charge in [0.15, 0.2) is 6.10 Å². The zero-order valence-corrected chi connectivity index (χ0v) is 16.9. The van der Waals surface area contributed by atoms with Gasteiger partial charge < -0.3 is 25.2 Å². The number of rotatable bonds is 3. The Labute approximate surface area is 167 Å². The normalized spacial score (nSPS) is 23.4. The molecule has 1 aliphatic heterocycles. The minimum atomic E-state index is -1.36. The molecule has 158 valence electrons. The number of hydrogen-bond acceptors (Lipinski definition) is 9. The molecule has 11 heteroatoms. The molecule has 0 aliphatic carbocycles. The third kappa shape index (κ3) is 8.26. The van der Waals surface area contributed by atoms with E-state index in [0.29, 0.717) is 11.8 Å². The van der Waals surface area contributed by atoms with Crippen molar-refractivity contribution in [3.8, 4) is 0 Å². The zero-order valence-electron chi connectivity index (χ0n) is 16.1. The van der Waals surface area contributed by atoms with Gasteiger partial charge in [0.05, 0.1) is 12.5 Å². The Morgan fingerprint density at radius 2 is 1.96 bits per heavy atom. The van der Waals surface area contributed by atoms with Gasteiger partial charge in [-0.3, -0.25) is 19.2 Å². The number of hydrogen-bond donors (Lipinski definition) is 3. The van der Waals surface area contributed by atoms with Gasteiger partial charge in [0.2, 0.25) is 5.91 Å². The van der Waals surface area contributed by atoms with Crippen molar-refractivity contribution in [3.05, 3.63) is 0 Å². The smallest absolute Gasteiger partial charge is 0.385 e. The Bertz CT molecular complexity index is 620. The number of esters is 2. The van der Waals surface area contributed by atoms with Crippen LogP contribution >= 0.6 is 11.8 Å². The van der Waals surface area contributed by atoms with Crippen molar-refractivity contribution in [2.24, 2.45) is 5.41 Å². The first-order chi connectivity index (χ1) is 13.0. The van der Waals surface area contributed by atoms with Crippen molar-refractivity contribution < 1.29 is 38.6 Å². The zero-order chi connectivity index (χ0) is 21.3. The van der Waals surface area contributed by atoms with Gasteiger partial charge in [-0.1, -0.05) is 25.6 Å². The van der Waals surface area contributed by atoms with E-state index in [-0.39, 0.29) is 44.2 Å². The van der Waals surface area contributed by atoms with Crippen molar-refractivity contribution in [3.63, 3.8) is 0 Å². The van der Waals surface area contributed by atoms with Crippen LogP contribution in [0.1, 0.15) is 33.6 Å². The van der Waals surface area contributed by atoms with Crippen LogP contribution in [-0.2, 0) is 33.4 Å². The number of carbonyl (C=O) groups is 5. The molecule has 1 saturated heterocycles. The molecular weight excluding hydrogens is 392 g/mol. The lowest BCUT2D eigenvalue weighted by Gasteiger charge is -2.32. The van der Waals surface area contributed by atoms with Gasteiger partial charge >= 0.3 is 11.9 Å².